The summed E-state index contributed by atoms with van der Waals surface area (Å²) in [6, 6.07) is 10.5. The lowest BCUT2D eigenvalue weighted by atomic mass is 9.85. The zero-order valence-electron chi connectivity index (χ0n) is 16.3. The van der Waals surface area contributed by atoms with E-state index in [1.165, 1.54) is 51.0 Å². The van der Waals surface area contributed by atoms with E-state index in [0.717, 1.165) is 32.4 Å². The third kappa shape index (κ3) is 8.35. The maximum absolute atomic E-state index is 12.4. The van der Waals surface area contributed by atoms with Gasteiger partial charge in [0.15, 0.2) is 0 Å². The SMILES string of the molecule is O=C(CC[NH+]1CC[NH+](C/C=C/c2ccccc2)CC1)C1CCCCC1.[Cl-].[Cl-]. The second-order valence-electron chi connectivity index (χ2n) is 7.82. The maximum atomic E-state index is 12.4. The molecule has 0 atom stereocenters. The smallest absolute Gasteiger partial charge is 0.141 e. The Hall–Kier alpha value is -0.870. The average Bonchev–Trinajstić information content (AvgIpc) is 2.68. The number of quaternary nitrogens is 2. The summed E-state index contributed by atoms with van der Waals surface area (Å²) in [4.78, 5) is 15.7. The van der Waals surface area contributed by atoms with Gasteiger partial charge in [0, 0.05) is 5.92 Å². The van der Waals surface area contributed by atoms with Gasteiger partial charge in [-0.3, -0.25) is 4.79 Å². The molecule has 1 aromatic carbocycles. The van der Waals surface area contributed by atoms with E-state index in [1.54, 1.807) is 9.80 Å². The van der Waals surface area contributed by atoms with Crippen LogP contribution < -0.4 is 34.6 Å². The van der Waals surface area contributed by atoms with Crippen LogP contribution in [0.3, 0.4) is 0 Å². The van der Waals surface area contributed by atoms with Crippen LogP contribution in [0.2, 0.25) is 0 Å². The van der Waals surface area contributed by atoms with Crippen LogP contribution in [-0.4, -0.2) is 45.1 Å². The van der Waals surface area contributed by atoms with Crippen molar-refractivity contribution in [2.75, 3.05) is 39.3 Å². The van der Waals surface area contributed by atoms with E-state index in [1.807, 2.05) is 0 Å². The molecule has 0 spiro atoms. The van der Waals surface area contributed by atoms with Crippen molar-refractivity contribution in [3.63, 3.8) is 0 Å². The van der Waals surface area contributed by atoms with Gasteiger partial charge in [0.05, 0.1) is 19.5 Å². The zero-order valence-corrected chi connectivity index (χ0v) is 17.8. The second kappa shape index (κ2) is 13.3. The van der Waals surface area contributed by atoms with Gasteiger partial charge in [-0.1, -0.05) is 55.7 Å². The minimum atomic E-state index is 0. The summed E-state index contributed by atoms with van der Waals surface area (Å²) in [6.07, 6.45) is 11.5. The number of carbonyl (C=O) groups is 1. The van der Waals surface area contributed by atoms with Gasteiger partial charge < -0.3 is 34.6 Å². The maximum Gasteiger partial charge on any atom is 0.141 e. The fraction of sp³-hybridized carbons (Fsp3) is 0.591. The van der Waals surface area contributed by atoms with Crippen LogP contribution >= 0.6 is 0 Å². The molecule has 0 aromatic heterocycles. The molecule has 1 aromatic rings. The number of ketones is 1. The Morgan fingerprint density at radius 3 is 2.22 bits per heavy atom. The first-order valence-corrected chi connectivity index (χ1v) is 10.2. The fourth-order valence-electron chi connectivity index (χ4n) is 4.27. The van der Waals surface area contributed by atoms with Gasteiger partial charge >= 0.3 is 0 Å². The molecule has 0 unspecified atom stereocenters. The van der Waals surface area contributed by atoms with Crippen LogP contribution in [0, 0.1) is 5.92 Å². The lowest BCUT2D eigenvalue weighted by molar-refractivity contribution is -1.01. The molecule has 27 heavy (non-hydrogen) atoms. The van der Waals surface area contributed by atoms with E-state index < -0.39 is 0 Å². The van der Waals surface area contributed by atoms with Gasteiger partial charge in [0.1, 0.15) is 32.0 Å². The Labute approximate surface area is 177 Å². The summed E-state index contributed by atoms with van der Waals surface area (Å²) >= 11 is 0. The largest absolute Gasteiger partial charge is 1.00 e. The standard InChI is InChI=1S/C22H32N2O.2ClH/c25-22(21-11-5-2-6-12-21)13-15-24-18-16-23(17-19-24)14-7-10-20-8-3-1-4-9-20;;/h1,3-4,7-10,21H,2,5-6,11-19H2;2*1H/b10-7+;;. The second-order valence-corrected chi connectivity index (χ2v) is 7.82. The molecule has 1 saturated heterocycles. The van der Waals surface area contributed by atoms with Gasteiger partial charge in [-0.05, 0) is 24.5 Å². The molecule has 2 fully saturated rings. The number of benzene rings is 1. The van der Waals surface area contributed by atoms with Crippen molar-refractivity contribution >= 4 is 11.9 Å². The fourth-order valence-corrected chi connectivity index (χ4v) is 4.27. The topological polar surface area (TPSA) is 26.0 Å². The molecule has 5 heteroatoms. The monoisotopic (exact) mass is 412 g/mol. The van der Waals surface area contributed by atoms with Gasteiger partial charge in [0.2, 0.25) is 0 Å². The van der Waals surface area contributed by atoms with Crippen LogP contribution in [0.4, 0.5) is 0 Å². The van der Waals surface area contributed by atoms with Crippen molar-refractivity contribution in [3.8, 4) is 0 Å². The van der Waals surface area contributed by atoms with Crippen LogP contribution in [0.15, 0.2) is 36.4 Å². The van der Waals surface area contributed by atoms with Crippen LogP contribution in [0.25, 0.3) is 6.08 Å². The highest BCUT2D eigenvalue weighted by Gasteiger charge is 2.25. The molecule has 1 saturated carbocycles. The molecule has 2 aliphatic rings. The molecule has 1 heterocycles. The molecule has 152 valence electrons. The van der Waals surface area contributed by atoms with E-state index in [-0.39, 0.29) is 24.8 Å². The third-order valence-corrected chi connectivity index (χ3v) is 5.97. The van der Waals surface area contributed by atoms with Crippen molar-refractivity contribution in [1.29, 1.82) is 0 Å². The molecule has 3 rings (SSSR count). The molecule has 3 nitrogen and oxygen atoms in total. The highest BCUT2D eigenvalue weighted by molar-refractivity contribution is 5.81. The van der Waals surface area contributed by atoms with Gasteiger partial charge in [-0.25, -0.2) is 0 Å². The predicted octanol–water partition coefficient (Wildman–Crippen LogP) is -4.97. The zero-order chi connectivity index (χ0) is 17.3. The minimum absolute atomic E-state index is 0. The Morgan fingerprint density at radius 1 is 0.926 bits per heavy atom. The lowest BCUT2D eigenvalue weighted by Gasteiger charge is -2.29. The number of hydrogen-bond acceptors (Lipinski definition) is 1. The normalized spacial score (nSPS) is 23.4. The number of Topliss-reactive ketones (excluding diaryl/α,β-unsaturated/α-hetero) is 1. The van der Waals surface area contributed by atoms with Crippen LogP contribution in [0.5, 0.6) is 0 Å². The molecule has 0 amide bonds. The summed E-state index contributed by atoms with van der Waals surface area (Å²) in [5, 5.41) is 0. The quantitative estimate of drug-likeness (QED) is 0.460. The summed E-state index contributed by atoms with van der Waals surface area (Å²) in [6.45, 7) is 7.06. The Kier molecular flexibility index (Phi) is 11.9. The van der Waals surface area contributed by atoms with Crippen molar-refractivity contribution in [1.82, 2.24) is 0 Å². The first kappa shape index (κ1) is 24.2. The molecular formula is C22H34Cl2N2O. The predicted molar refractivity (Wildman–Crippen MR) is 103 cm³/mol. The van der Waals surface area contributed by atoms with E-state index in [4.69, 9.17) is 0 Å². The molecule has 2 N–H and O–H groups in total. The van der Waals surface area contributed by atoms with Crippen molar-refractivity contribution in [2.24, 2.45) is 5.92 Å². The van der Waals surface area contributed by atoms with Crippen molar-refractivity contribution < 1.29 is 39.4 Å². The Balaban J connectivity index is 0.00000182. The Bertz CT molecular complexity index is 551. The minimum Gasteiger partial charge on any atom is -1.00 e. The van der Waals surface area contributed by atoms with Gasteiger partial charge in [-0.2, -0.15) is 0 Å². The summed E-state index contributed by atoms with van der Waals surface area (Å²) < 4.78 is 0. The summed E-state index contributed by atoms with van der Waals surface area (Å²) in [7, 11) is 0. The Morgan fingerprint density at radius 2 is 1.56 bits per heavy atom. The first-order valence-electron chi connectivity index (χ1n) is 10.2. The lowest BCUT2D eigenvalue weighted by Crippen LogP contribution is -3.28. The van der Waals surface area contributed by atoms with Gasteiger partial charge in [0.25, 0.3) is 0 Å². The van der Waals surface area contributed by atoms with Crippen LogP contribution in [-0.2, 0) is 4.79 Å². The molecule has 0 radical (unpaired) electrons. The number of nitrogens with one attached hydrogen (secondary N) is 2. The molecule has 1 aliphatic carbocycles. The third-order valence-electron chi connectivity index (χ3n) is 5.97. The molecule has 1 aliphatic heterocycles. The number of hydrogen-bond donors (Lipinski definition) is 2. The van der Waals surface area contributed by atoms with Gasteiger partial charge in [-0.15, -0.1) is 0 Å². The number of carbonyl (C=O) groups excluding carboxylic acids is 1. The van der Waals surface area contributed by atoms with E-state index in [0.29, 0.717) is 11.7 Å². The van der Waals surface area contributed by atoms with Crippen molar-refractivity contribution in [3.05, 3.63) is 42.0 Å². The summed E-state index contributed by atoms with van der Waals surface area (Å²) in [5.74, 6) is 0.941. The number of piperazine rings is 1. The number of halogens is 2. The molecule has 0 bridgehead atoms. The first-order chi connectivity index (χ1) is 12.3. The summed E-state index contributed by atoms with van der Waals surface area (Å²) in [5.41, 5.74) is 1.28. The average molecular weight is 413 g/mol. The highest BCUT2D eigenvalue weighted by Crippen LogP contribution is 2.24. The molecular weight excluding hydrogens is 379 g/mol. The number of rotatable bonds is 7. The van der Waals surface area contributed by atoms with Crippen molar-refractivity contribution in [2.45, 2.75) is 38.5 Å². The van der Waals surface area contributed by atoms with E-state index in [2.05, 4.69) is 42.5 Å². The highest BCUT2D eigenvalue weighted by atomic mass is 35.5. The van der Waals surface area contributed by atoms with E-state index >= 15 is 0 Å². The van der Waals surface area contributed by atoms with E-state index in [9.17, 15) is 4.79 Å². The van der Waals surface area contributed by atoms with Crippen LogP contribution in [0.1, 0.15) is 44.1 Å².